The van der Waals surface area contributed by atoms with Gasteiger partial charge in [-0.2, -0.15) is 0 Å². The van der Waals surface area contributed by atoms with Crippen LogP contribution >= 0.6 is 11.6 Å². The number of methoxy groups -OCH3 is 1. The standard InChI is InChI=1S/C10H9ClN2O4/c1-13-10(16)6-4(9(12-13)17-2)3-5(14)8(15)7(6)11/h3,14-15H,1-2H3. The molecular formula is C10H9ClN2O4. The smallest absolute Gasteiger partial charge is 0.276 e. The number of rotatable bonds is 1. The van der Waals surface area contributed by atoms with Crippen LogP contribution in [0.25, 0.3) is 10.8 Å². The molecule has 0 saturated heterocycles. The van der Waals surface area contributed by atoms with Crippen LogP contribution in [0.3, 0.4) is 0 Å². The van der Waals surface area contributed by atoms with E-state index in [0.717, 1.165) is 4.68 Å². The summed E-state index contributed by atoms with van der Waals surface area (Å²) in [5.41, 5.74) is -0.485. The molecule has 0 radical (unpaired) electrons. The lowest BCUT2D eigenvalue weighted by Crippen LogP contribution is -2.20. The van der Waals surface area contributed by atoms with Gasteiger partial charge >= 0.3 is 0 Å². The molecule has 0 aliphatic carbocycles. The molecule has 0 spiro atoms. The summed E-state index contributed by atoms with van der Waals surface area (Å²) < 4.78 is 6.04. The van der Waals surface area contributed by atoms with Gasteiger partial charge in [-0.15, -0.1) is 5.10 Å². The molecule has 0 unspecified atom stereocenters. The van der Waals surface area contributed by atoms with Gasteiger partial charge in [0.25, 0.3) is 5.56 Å². The van der Waals surface area contributed by atoms with Crippen LogP contribution in [-0.2, 0) is 7.05 Å². The highest BCUT2D eigenvalue weighted by Crippen LogP contribution is 2.39. The van der Waals surface area contributed by atoms with Gasteiger partial charge < -0.3 is 14.9 Å². The summed E-state index contributed by atoms with van der Waals surface area (Å²) in [6.07, 6.45) is 0. The minimum absolute atomic E-state index is 0.0521. The van der Waals surface area contributed by atoms with E-state index in [-0.39, 0.29) is 21.7 Å². The number of aryl methyl sites for hydroxylation is 1. The molecule has 0 saturated carbocycles. The van der Waals surface area contributed by atoms with Gasteiger partial charge in [0.1, 0.15) is 0 Å². The minimum Gasteiger partial charge on any atom is -0.504 e. The summed E-state index contributed by atoms with van der Waals surface area (Å²) in [5, 5.41) is 22.9. The van der Waals surface area contributed by atoms with Crippen LogP contribution < -0.4 is 10.3 Å². The molecule has 2 rings (SSSR count). The lowest BCUT2D eigenvalue weighted by Gasteiger charge is -2.09. The van der Waals surface area contributed by atoms with Crippen molar-refractivity contribution in [2.24, 2.45) is 7.05 Å². The average molecular weight is 257 g/mol. The van der Waals surface area contributed by atoms with E-state index in [0.29, 0.717) is 0 Å². The van der Waals surface area contributed by atoms with E-state index in [4.69, 9.17) is 16.3 Å². The van der Waals surface area contributed by atoms with Gasteiger partial charge in [-0.3, -0.25) is 4.79 Å². The zero-order chi connectivity index (χ0) is 12.7. The van der Waals surface area contributed by atoms with Gasteiger partial charge in [0.2, 0.25) is 5.88 Å². The second-order valence-electron chi connectivity index (χ2n) is 3.42. The zero-order valence-electron chi connectivity index (χ0n) is 9.06. The molecule has 7 heteroatoms. The third-order valence-corrected chi connectivity index (χ3v) is 2.76. The molecule has 1 aromatic heterocycles. The number of phenols is 2. The highest BCUT2D eigenvalue weighted by atomic mass is 35.5. The predicted molar refractivity (Wildman–Crippen MR) is 61.9 cm³/mol. The molecular weight excluding hydrogens is 248 g/mol. The highest BCUT2D eigenvalue weighted by molar-refractivity contribution is 6.37. The molecule has 0 atom stereocenters. The minimum atomic E-state index is -0.537. The highest BCUT2D eigenvalue weighted by Gasteiger charge is 2.18. The number of ether oxygens (including phenoxy) is 1. The number of halogens is 1. The molecule has 1 heterocycles. The van der Waals surface area contributed by atoms with Crippen molar-refractivity contribution >= 4 is 22.4 Å². The Bertz CT molecular complexity index is 666. The predicted octanol–water partition coefficient (Wildman–Crippen LogP) is 1.01. The first kappa shape index (κ1) is 11.5. The first-order valence-corrected chi connectivity index (χ1v) is 5.00. The molecule has 90 valence electrons. The molecule has 17 heavy (non-hydrogen) atoms. The molecule has 6 nitrogen and oxygen atoms in total. The van der Waals surface area contributed by atoms with E-state index in [9.17, 15) is 15.0 Å². The van der Waals surface area contributed by atoms with E-state index < -0.39 is 17.1 Å². The normalized spacial score (nSPS) is 10.8. The third kappa shape index (κ3) is 1.57. The van der Waals surface area contributed by atoms with Crippen molar-refractivity contribution in [2.45, 2.75) is 0 Å². The summed E-state index contributed by atoms with van der Waals surface area (Å²) >= 11 is 5.83. The molecule has 1 aromatic carbocycles. The summed E-state index contributed by atoms with van der Waals surface area (Å²) in [6, 6.07) is 1.18. The Morgan fingerprint density at radius 2 is 2.12 bits per heavy atom. The van der Waals surface area contributed by atoms with E-state index in [2.05, 4.69) is 5.10 Å². The number of benzene rings is 1. The number of hydrogen-bond acceptors (Lipinski definition) is 5. The van der Waals surface area contributed by atoms with Gasteiger partial charge in [0.05, 0.1) is 22.9 Å². The second-order valence-corrected chi connectivity index (χ2v) is 3.80. The van der Waals surface area contributed by atoms with E-state index in [1.54, 1.807) is 0 Å². The van der Waals surface area contributed by atoms with Gasteiger partial charge in [0.15, 0.2) is 11.5 Å². The van der Waals surface area contributed by atoms with Crippen molar-refractivity contribution in [3.05, 3.63) is 21.4 Å². The number of nitrogens with zero attached hydrogens (tertiary/aromatic N) is 2. The summed E-state index contributed by atoms with van der Waals surface area (Å²) in [7, 11) is 2.81. The lowest BCUT2D eigenvalue weighted by molar-refractivity contribution is 0.386. The van der Waals surface area contributed by atoms with Crippen molar-refractivity contribution in [3.63, 3.8) is 0 Å². The molecule has 2 aromatic rings. The van der Waals surface area contributed by atoms with Gasteiger partial charge in [0, 0.05) is 7.05 Å². The lowest BCUT2D eigenvalue weighted by atomic mass is 10.1. The molecule has 0 aliphatic heterocycles. The Hall–Kier alpha value is -1.95. The van der Waals surface area contributed by atoms with Crippen LogP contribution in [0.1, 0.15) is 0 Å². The topological polar surface area (TPSA) is 84.6 Å². The van der Waals surface area contributed by atoms with Gasteiger partial charge in [-0.05, 0) is 6.07 Å². The molecule has 0 bridgehead atoms. The molecule has 0 aliphatic rings. The average Bonchev–Trinajstić information content (AvgIpc) is 2.30. The van der Waals surface area contributed by atoms with Crippen LogP contribution in [0.5, 0.6) is 17.4 Å². The number of fused-ring (bicyclic) bond motifs is 1. The first-order valence-electron chi connectivity index (χ1n) is 4.62. The van der Waals surface area contributed by atoms with Crippen LogP contribution in [0.4, 0.5) is 0 Å². The van der Waals surface area contributed by atoms with Crippen molar-refractivity contribution in [1.29, 1.82) is 0 Å². The maximum absolute atomic E-state index is 11.8. The maximum atomic E-state index is 11.8. The van der Waals surface area contributed by atoms with Crippen LogP contribution in [0, 0.1) is 0 Å². The largest absolute Gasteiger partial charge is 0.504 e. The van der Waals surface area contributed by atoms with Crippen LogP contribution in [0.2, 0.25) is 5.02 Å². The quantitative estimate of drug-likeness (QED) is 0.744. The van der Waals surface area contributed by atoms with E-state index in [1.807, 2.05) is 0 Å². The molecule has 0 fully saturated rings. The zero-order valence-corrected chi connectivity index (χ0v) is 9.82. The van der Waals surface area contributed by atoms with Gasteiger partial charge in [-0.25, -0.2) is 4.68 Å². The maximum Gasteiger partial charge on any atom is 0.276 e. The Balaban J connectivity index is 3.10. The van der Waals surface area contributed by atoms with Crippen molar-refractivity contribution in [2.75, 3.05) is 7.11 Å². The number of phenolic OH excluding ortho intramolecular Hbond substituents is 2. The Kier molecular flexibility index (Phi) is 2.59. The Labute approximate surface area is 101 Å². The van der Waals surface area contributed by atoms with Crippen molar-refractivity contribution < 1.29 is 14.9 Å². The van der Waals surface area contributed by atoms with E-state index >= 15 is 0 Å². The number of aromatic nitrogens is 2. The Morgan fingerprint density at radius 3 is 2.71 bits per heavy atom. The van der Waals surface area contributed by atoms with E-state index in [1.165, 1.54) is 20.2 Å². The monoisotopic (exact) mass is 256 g/mol. The summed E-state index contributed by atoms with van der Waals surface area (Å²) in [5.74, 6) is -0.834. The Morgan fingerprint density at radius 1 is 1.47 bits per heavy atom. The second kappa shape index (κ2) is 3.81. The van der Waals surface area contributed by atoms with Crippen LogP contribution in [-0.4, -0.2) is 27.1 Å². The van der Waals surface area contributed by atoms with Crippen LogP contribution in [0.15, 0.2) is 10.9 Å². The fraction of sp³-hybridized carbons (Fsp3) is 0.200. The number of aromatic hydroxyl groups is 2. The molecule has 0 amide bonds. The fourth-order valence-electron chi connectivity index (χ4n) is 1.55. The first-order chi connectivity index (χ1) is 7.97. The van der Waals surface area contributed by atoms with Gasteiger partial charge in [-0.1, -0.05) is 11.6 Å². The third-order valence-electron chi connectivity index (χ3n) is 2.39. The van der Waals surface area contributed by atoms with Crippen molar-refractivity contribution in [3.8, 4) is 17.4 Å². The summed E-state index contributed by atoms with van der Waals surface area (Å²) in [6.45, 7) is 0. The van der Waals surface area contributed by atoms with Crippen molar-refractivity contribution in [1.82, 2.24) is 9.78 Å². The molecule has 2 N–H and O–H groups in total. The fourth-order valence-corrected chi connectivity index (χ4v) is 1.83. The summed E-state index contributed by atoms with van der Waals surface area (Å²) in [4.78, 5) is 11.8. The number of hydrogen-bond donors (Lipinski definition) is 2. The SMILES string of the molecule is COc1nn(C)c(=O)c2c(Cl)c(O)c(O)cc12.